The van der Waals surface area contributed by atoms with E-state index in [0.29, 0.717) is 13.0 Å². The molecular formula is C18H22N2O. The zero-order valence-electron chi connectivity index (χ0n) is 13.0. The maximum absolute atomic E-state index is 12.4. The molecule has 21 heavy (non-hydrogen) atoms. The maximum Gasteiger partial charge on any atom is 0.227 e. The number of pyridine rings is 1. The summed E-state index contributed by atoms with van der Waals surface area (Å²) in [5, 5.41) is 0. The number of carbonyl (C=O) groups excluding carboxylic acids is 1. The van der Waals surface area contributed by atoms with E-state index in [1.165, 1.54) is 11.1 Å². The number of benzene rings is 1. The van der Waals surface area contributed by atoms with Crippen LogP contribution in [0.15, 0.2) is 42.7 Å². The van der Waals surface area contributed by atoms with Crippen LogP contribution in [0, 0.1) is 13.8 Å². The summed E-state index contributed by atoms with van der Waals surface area (Å²) in [6, 6.07) is 10.1. The summed E-state index contributed by atoms with van der Waals surface area (Å²) < 4.78 is 0. The second-order valence-corrected chi connectivity index (χ2v) is 5.36. The van der Waals surface area contributed by atoms with Gasteiger partial charge in [-0.25, -0.2) is 0 Å². The van der Waals surface area contributed by atoms with Crippen LogP contribution in [0.2, 0.25) is 0 Å². The van der Waals surface area contributed by atoms with Crippen LogP contribution in [0.3, 0.4) is 0 Å². The molecule has 1 aromatic heterocycles. The van der Waals surface area contributed by atoms with Gasteiger partial charge in [0.2, 0.25) is 5.91 Å². The minimum absolute atomic E-state index is 0.157. The highest BCUT2D eigenvalue weighted by Crippen LogP contribution is 2.22. The van der Waals surface area contributed by atoms with Crippen molar-refractivity contribution in [2.75, 3.05) is 4.90 Å². The molecule has 0 fully saturated rings. The second kappa shape index (κ2) is 7.02. The monoisotopic (exact) mass is 282 g/mol. The van der Waals surface area contributed by atoms with Crippen LogP contribution in [0.25, 0.3) is 0 Å². The molecule has 3 heteroatoms. The lowest BCUT2D eigenvalue weighted by Gasteiger charge is -2.23. The lowest BCUT2D eigenvalue weighted by Crippen LogP contribution is -2.30. The number of rotatable bonds is 5. The zero-order valence-corrected chi connectivity index (χ0v) is 13.0. The van der Waals surface area contributed by atoms with Gasteiger partial charge in [0.25, 0.3) is 0 Å². The Kier molecular flexibility index (Phi) is 5.09. The van der Waals surface area contributed by atoms with Crippen LogP contribution in [-0.2, 0) is 11.3 Å². The third-order valence-corrected chi connectivity index (χ3v) is 3.63. The summed E-state index contributed by atoms with van der Waals surface area (Å²) in [6.45, 7) is 6.75. The van der Waals surface area contributed by atoms with Gasteiger partial charge in [0.1, 0.15) is 0 Å². The van der Waals surface area contributed by atoms with Gasteiger partial charge < -0.3 is 4.90 Å². The lowest BCUT2D eigenvalue weighted by atomic mass is 10.1. The van der Waals surface area contributed by atoms with Crippen molar-refractivity contribution in [3.8, 4) is 0 Å². The number of hydrogen-bond donors (Lipinski definition) is 0. The molecule has 0 radical (unpaired) electrons. The average molecular weight is 282 g/mol. The first-order valence-electron chi connectivity index (χ1n) is 7.38. The van der Waals surface area contributed by atoms with E-state index in [9.17, 15) is 4.79 Å². The Morgan fingerprint density at radius 2 is 2.00 bits per heavy atom. The van der Waals surface area contributed by atoms with Gasteiger partial charge in [0, 0.05) is 24.5 Å². The van der Waals surface area contributed by atoms with Gasteiger partial charge in [-0.15, -0.1) is 0 Å². The number of amides is 1. The fourth-order valence-electron chi connectivity index (χ4n) is 2.24. The molecular weight excluding hydrogens is 260 g/mol. The molecule has 0 N–H and O–H groups in total. The van der Waals surface area contributed by atoms with Crippen molar-refractivity contribution in [2.24, 2.45) is 0 Å². The zero-order chi connectivity index (χ0) is 15.2. The highest BCUT2D eigenvalue weighted by atomic mass is 16.2. The van der Waals surface area contributed by atoms with E-state index in [-0.39, 0.29) is 5.91 Å². The molecule has 0 aliphatic carbocycles. The molecule has 110 valence electrons. The van der Waals surface area contributed by atoms with E-state index in [2.05, 4.69) is 31.0 Å². The first-order valence-corrected chi connectivity index (χ1v) is 7.38. The first kappa shape index (κ1) is 15.2. The van der Waals surface area contributed by atoms with Gasteiger partial charge in [0.05, 0.1) is 6.54 Å². The molecule has 1 amide bonds. The number of carbonyl (C=O) groups is 1. The molecule has 0 saturated heterocycles. The average Bonchev–Trinajstić information content (AvgIpc) is 2.49. The molecule has 3 nitrogen and oxygen atoms in total. The van der Waals surface area contributed by atoms with Crippen molar-refractivity contribution in [1.29, 1.82) is 0 Å². The smallest absolute Gasteiger partial charge is 0.227 e. The molecule has 0 aliphatic heterocycles. The third-order valence-electron chi connectivity index (χ3n) is 3.63. The second-order valence-electron chi connectivity index (χ2n) is 5.36. The molecule has 1 heterocycles. The van der Waals surface area contributed by atoms with Gasteiger partial charge in [0.15, 0.2) is 0 Å². The minimum Gasteiger partial charge on any atom is -0.308 e. The van der Waals surface area contributed by atoms with Crippen molar-refractivity contribution in [3.63, 3.8) is 0 Å². The van der Waals surface area contributed by atoms with Crippen LogP contribution in [0.4, 0.5) is 5.69 Å². The maximum atomic E-state index is 12.4. The topological polar surface area (TPSA) is 33.2 Å². The number of aromatic nitrogens is 1. The van der Waals surface area contributed by atoms with E-state index >= 15 is 0 Å². The molecule has 2 rings (SSSR count). The SMILES string of the molecule is CCCC(=O)N(Cc1cccnc1)c1ccc(C)c(C)c1. The van der Waals surface area contributed by atoms with E-state index < -0.39 is 0 Å². The summed E-state index contributed by atoms with van der Waals surface area (Å²) >= 11 is 0. The Balaban J connectivity index is 2.31. The Morgan fingerprint density at radius 3 is 2.62 bits per heavy atom. The highest BCUT2D eigenvalue weighted by molar-refractivity contribution is 5.93. The van der Waals surface area contributed by atoms with Crippen molar-refractivity contribution in [1.82, 2.24) is 4.98 Å². The fraction of sp³-hybridized carbons (Fsp3) is 0.333. The summed E-state index contributed by atoms with van der Waals surface area (Å²) in [6.07, 6.45) is 4.98. The van der Waals surface area contributed by atoms with Crippen molar-refractivity contribution in [2.45, 2.75) is 40.2 Å². The highest BCUT2D eigenvalue weighted by Gasteiger charge is 2.16. The Bertz CT molecular complexity index is 608. The molecule has 0 unspecified atom stereocenters. The van der Waals surface area contributed by atoms with Crippen LogP contribution in [0.5, 0.6) is 0 Å². The predicted molar refractivity (Wildman–Crippen MR) is 86.3 cm³/mol. The normalized spacial score (nSPS) is 10.4. The largest absolute Gasteiger partial charge is 0.308 e. The molecule has 0 atom stereocenters. The molecule has 0 aliphatic rings. The summed E-state index contributed by atoms with van der Waals surface area (Å²) in [5.41, 5.74) is 4.44. The van der Waals surface area contributed by atoms with Crippen LogP contribution in [-0.4, -0.2) is 10.9 Å². The standard InChI is InChI=1S/C18H22N2O/c1-4-6-18(21)20(13-16-7-5-10-19-12-16)17-9-8-14(2)15(3)11-17/h5,7-12H,4,6,13H2,1-3H3. The van der Waals surface area contributed by atoms with E-state index in [1.54, 1.807) is 6.20 Å². The third kappa shape index (κ3) is 3.91. The van der Waals surface area contributed by atoms with Gasteiger partial charge in [-0.1, -0.05) is 19.1 Å². The van der Waals surface area contributed by atoms with Crippen LogP contribution < -0.4 is 4.90 Å². The number of anilines is 1. The van der Waals surface area contributed by atoms with Crippen LogP contribution >= 0.6 is 0 Å². The quantitative estimate of drug-likeness (QED) is 0.829. The van der Waals surface area contributed by atoms with Crippen LogP contribution in [0.1, 0.15) is 36.5 Å². The van der Waals surface area contributed by atoms with Gasteiger partial charge in [-0.05, 0) is 55.2 Å². The van der Waals surface area contributed by atoms with Gasteiger partial charge >= 0.3 is 0 Å². The number of nitrogens with zero attached hydrogens (tertiary/aromatic N) is 2. The Morgan fingerprint density at radius 1 is 1.19 bits per heavy atom. The Hall–Kier alpha value is -2.16. The summed E-state index contributed by atoms with van der Waals surface area (Å²) in [4.78, 5) is 18.4. The van der Waals surface area contributed by atoms with Crippen molar-refractivity contribution >= 4 is 11.6 Å². The molecule has 2 aromatic rings. The lowest BCUT2D eigenvalue weighted by molar-refractivity contribution is -0.118. The fourth-order valence-corrected chi connectivity index (χ4v) is 2.24. The summed E-state index contributed by atoms with van der Waals surface area (Å²) in [7, 11) is 0. The van der Waals surface area contributed by atoms with Gasteiger partial charge in [-0.2, -0.15) is 0 Å². The molecule has 1 aromatic carbocycles. The van der Waals surface area contributed by atoms with Crippen molar-refractivity contribution < 1.29 is 4.79 Å². The molecule has 0 spiro atoms. The van der Waals surface area contributed by atoms with E-state index in [4.69, 9.17) is 0 Å². The number of hydrogen-bond acceptors (Lipinski definition) is 2. The van der Waals surface area contributed by atoms with E-state index in [1.807, 2.05) is 36.2 Å². The van der Waals surface area contributed by atoms with E-state index in [0.717, 1.165) is 17.7 Å². The minimum atomic E-state index is 0.157. The first-order chi connectivity index (χ1) is 10.1. The number of aryl methyl sites for hydroxylation is 2. The summed E-state index contributed by atoms with van der Waals surface area (Å²) in [5.74, 6) is 0.157. The molecule has 0 saturated carbocycles. The predicted octanol–water partition coefficient (Wildman–Crippen LogP) is 4.03. The Labute approximate surface area is 126 Å². The van der Waals surface area contributed by atoms with Crippen molar-refractivity contribution in [3.05, 3.63) is 59.4 Å². The molecule has 0 bridgehead atoms. The van der Waals surface area contributed by atoms with Gasteiger partial charge in [-0.3, -0.25) is 9.78 Å².